The Morgan fingerprint density at radius 2 is 1.02 bits per heavy atom. The van der Waals surface area contributed by atoms with Crippen molar-refractivity contribution in [1.29, 1.82) is 0 Å². The fourth-order valence-corrected chi connectivity index (χ4v) is 7.86. The van der Waals surface area contributed by atoms with Crippen LogP contribution in [0.15, 0.2) is 152 Å². The topological polar surface area (TPSA) is 0 Å². The largest absolute Gasteiger partial charge is 0.0622 e. The maximum absolute atomic E-state index is 2.53. The van der Waals surface area contributed by atoms with E-state index in [1.165, 1.54) is 71.6 Å². The van der Waals surface area contributed by atoms with Crippen LogP contribution in [0.2, 0.25) is 0 Å². The van der Waals surface area contributed by atoms with Crippen molar-refractivity contribution in [2.75, 3.05) is 0 Å². The van der Waals surface area contributed by atoms with Gasteiger partial charge in [0.05, 0.1) is 0 Å². The zero-order chi connectivity index (χ0) is 30.8. The predicted octanol–water partition coefficient (Wildman–Crippen LogP) is 12.1. The first kappa shape index (κ1) is 27.6. The Hall–Kier alpha value is -4.94. The van der Waals surface area contributed by atoms with Crippen molar-refractivity contribution >= 4 is 21.5 Å². The molecule has 1 unspecified atom stereocenters. The molecule has 0 fully saturated rings. The van der Waals surface area contributed by atoms with Crippen molar-refractivity contribution in [2.45, 2.75) is 44.4 Å². The Balaban J connectivity index is 1.36. The first-order chi connectivity index (χ1) is 21.8. The van der Waals surface area contributed by atoms with Gasteiger partial charge in [-0.05, 0) is 77.0 Å². The molecule has 8 rings (SSSR count). The fourth-order valence-electron chi connectivity index (χ4n) is 7.86. The van der Waals surface area contributed by atoms with E-state index in [1.54, 1.807) is 0 Å². The molecular weight excluding hydrogens is 540 g/mol. The smallest absolute Gasteiger partial charge is 0.0340 e. The molecular formula is C45H38. The minimum Gasteiger partial charge on any atom is -0.0622 e. The second-order valence-corrected chi connectivity index (χ2v) is 13.8. The number of hydrogen-bond donors (Lipinski definition) is 0. The highest BCUT2D eigenvalue weighted by Crippen LogP contribution is 2.57. The summed E-state index contributed by atoms with van der Waals surface area (Å²) in [5.41, 5.74) is 11.9. The van der Waals surface area contributed by atoms with Crippen LogP contribution >= 0.6 is 0 Å². The van der Waals surface area contributed by atoms with Crippen molar-refractivity contribution in [3.63, 3.8) is 0 Å². The first-order valence-corrected chi connectivity index (χ1v) is 16.1. The monoisotopic (exact) mass is 578 g/mol. The van der Waals surface area contributed by atoms with Crippen molar-refractivity contribution in [1.82, 2.24) is 0 Å². The van der Waals surface area contributed by atoms with Gasteiger partial charge < -0.3 is 0 Å². The molecule has 0 radical (unpaired) electrons. The van der Waals surface area contributed by atoms with E-state index in [0.29, 0.717) is 0 Å². The van der Waals surface area contributed by atoms with Gasteiger partial charge in [-0.2, -0.15) is 0 Å². The van der Waals surface area contributed by atoms with E-state index in [9.17, 15) is 0 Å². The summed E-state index contributed by atoms with van der Waals surface area (Å²) in [5.74, 6) is 0.126. The van der Waals surface area contributed by atoms with Crippen molar-refractivity contribution in [2.24, 2.45) is 0 Å². The van der Waals surface area contributed by atoms with Gasteiger partial charge in [-0.1, -0.05) is 179 Å². The molecule has 1 atom stereocenters. The molecule has 7 aromatic carbocycles. The highest BCUT2D eigenvalue weighted by Gasteiger charge is 2.47. The molecule has 0 bridgehead atoms. The summed E-state index contributed by atoms with van der Waals surface area (Å²) < 4.78 is 0. The van der Waals surface area contributed by atoms with Gasteiger partial charge in [-0.3, -0.25) is 0 Å². The number of hydrogen-bond acceptors (Lipinski definition) is 0. The van der Waals surface area contributed by atoms with Gasteiger partial charge >= 0.3 is 0 Å². The van der Waals surface area contributed by atoms with E-state index in [4.69, 9.17) is 0 Å². The van der Waals surface area contributed by atoms with Gasteiger partial charge in [0.25, 0.3) is 0 Å². The zero-order valence-corrected chi connectivity index (χ0v) is 26.5. The molecule has 1 aliphatic rings. The van der Waals surface area contributed by atoms with E-state index < -0.39 is 0 Å². The summed E-state index contributed by atoms with van der Waals surface area (Å²) in [4.78, 5) is 0. The zero-order valence-electron chi connectivity index (χ0n) is 26.5. The molecule has 0 heterocycles. The van der Waals surface area contributed by atoms with Gasteiger partial charge in [0.2, 0.25) is 0 Å². The molecule has 218 valence electrons. The maximum Gasteiger partial charge on any atom is 0.0340 e. The fraction of sp³-hybridized carbons (Fsp3) is 0.156. The minimum atomic E-state index is -0.107. The molecule has 0 N–H and O–H groups in total. The molecule has 1 aliphatic carbocycles. The Labute approximate surface area is 267 Å². The number of rotatable bonds is 4. The van der Waals surface area contributed by atoms with Crippen LogP contribution in [0.3, 0.4) is 0 Å². The lowest BCUT2D eigenvalue weighted by Crippen LogP contribution is -2.43. The van der Waals surface area contributed by atoms with Crippen LogP contribution < -0.4 is 0 Å². The summed E-state index contributed by atoms with van der Waals surface area (Å²) in [7, 11) is 0. The normalized spacial score (nSPS) is 15.4. The highest BCUT2D eigenvalue weighted by atomic mass is 14.5. The first-order valence-electron chi connectivity index (χ1n) is 16.1. The Morgan fingerprint density at radius 1 is 0.422 bits per heavy atom. The average molecular weight is 579 g/mol. The molecule has 0 amide bonds. The Morgan fingerprint density at radius 3 is 1.82 bits per heavy atom. The third kappa shape index (κ3) is 4.27. The SMILES string of the molecule is CC1(C)c2cc(C(c3ccccc3)c3cccc(-c4ccccc4)c3)ccc2-c2ccc3ccc4ccccc4c3c2C1(C)C. The lowest BCUT2D eigenvalue weighted by atomic mass is 9.54. The number of fused-ring (bicyclic) bond motifs is 7. The maximum atomic E-state index is 2.53. The second-order valence-electron chi connectivity index (χ2n) is 13.8. The van der Waals surface area contributed by atoms with Crippen LogP contribution in [-0.4, -0.2) is 0 Å². The van der Waals surface area contributed by atoms with E-state index in [2.05, 4.69) is 179 Å². The lowest BCUT2D eigenvalue weighted by Gasteiger charge is -2.49. The average Bonchev–Trinajstić information content (AvgIpc) is 3.08. The third-order valence-electron chi connectivity index (χ3n) is 10.9. The van der Waals surface area contributed by atoms with Crippen LogP contribution in [0.5, 0.6) is 0 Å². The predicted molar refractivity (Wildman–Crippen MR) is 192 cm³/mol. The van der Waals surface area contributed by atoms with Gasteiger partial charge in [0, 0.05) is 11.3 Å². The summed E-state index contributed by atoms with van der Waals surface area (Å²) in [6.45, 7) is 9.83. The summed E-state index contributed by atoms with van der Waals surface area (Å²) >= 11 is 0. The molecule has 0 aliphatic heterocycles. The van der Waals surface area contributed by atoms with Crippen LogP contribution in [0.1, 0.15) is 61.4 Å². The van der Waals surface area contributed by atoms with Crippen LogP contribution in [0, 0.1) is 0 Å². The van der Waals surface area contributed by atoms with Crippen molar-refractivity contribution in [3.05, 3.63) is 179 Å². The highest BCUT2D eigenvalue weighted by molar-refractivity contribution is 6.12. The molecule has 45 heavy (non-hydrogen) atoms. The van der Waals surface area contributed by atoms with E-state index >= 15 is 0 Å². The van der Waals surface area contributed by atoms with Crippen LogP contribution in [0.4, 0.5) is 0 Å². The standard InChI is InChI=1S/C45H38/c1-44(2)40-29-36(41(32-17-9-6-10-18-32)35-20-13-19-34(28-35)30-14-7-5-8-15-30)25-26-38(40)39-27-24-33-23-22-31-16-11-12-21-37(31)42(33)43(39)45(44,3)4/h5-29,41H,1-4H3. The minimum absolute atomic E-state index is 0.104. The Kier molecular flexibility index (Phi) is 6.33. The van der Waals surface area contributed by atoms with Crippen molar-refractivity contribution in [3.8, 4) is 22.3 Å². The third-order valence-corrected chi connectivity index (χ3v) is 10.9. The van der Waals surface area contributed by atoms with Crippen molar-refractivity contribution < 1.29 is 0 Å². The van der Waals surface area contributed by atoms with Gasteiger partial charge in [0.15, 0.2) is 0 Å². The summed E-state index contributed by atoms with van der Waals surface area (Å²) in [6.07, 6.45) is 0. The second kappa shape index (κ2) is 10.3. The summed E-state index contributed by atoms with van der Waals surface area (Å²) in [5, 5.41) is 5.37. The van der Waals surface area contributed by atoms with Gasteiger partial charge in [0.1, 0.15) is 0 Å². The quantitative estimate of drug-likeness (QED) is 0.144. The summed E-state index contributed by atoms with van der Waals surface area (Å²) in [6, 6.07) is 56.3. The molecule has 0 spiro atoms. The van der Waals surface area contributed by atoms with E-state index in [1.807, 2.05) is 0 Å². The van der Waals surface area contributed by atoms with Gasteiger partial charge in [-0.15, -0.1) is 0 Å². The molecule has 7 aromatic rings. The van der Waals surface area contributed by atoms with E-state index in [-0.39, 0.29) is 16.7 Å². The van der Waals surface area contributed by atoms with E-state index in [0.717, 1.165) is 0 Å². The molecule has 0 nitrogen and oxygen atoms in total. The number of benzene rings is 7. The molecule has 0 heteroatoms. The molecule has 0 aromatic heterocycles. The molecule has 0 saturated carbocycles. The van der Waals surface area contributed by atoms with Crippen LogP contribution in [-0.2, 0) is 10.8 Å². The lowest BCUT2D eigenvalue weighted by molar-refractivity contribution is 0.301. The molecule has 0 saturated heterocycles. The van der Waals surface area contributed by atoms with Crippen LogP contribution in [0.25, 0.3) is 43.8 Å². The Bertz CT molecular complexity index is 2200. The van der Waals surface area contributed by atoms with Gasteiger partial charge in [-0.25, -0.2) is 0 Å².